The van der Waals surface area contributed by atoms with E-state index in [1.165, 1.54) is 0 Å². The molecule has 2 unspecified atom stereocenters. The quantitative estimate of drug-likeness (QED) is 0.490. The Hall–Kier alpha value is 1.05. The minimum absolute atomic E-state index is 0.819. The zero-order chi connectivity index (χ0) is 5.28. The smallest absolute Gasteiger partial charge is 0.0589 e. The van der Waals surface area contributed by atoms with E-state index in [9.17, 15) is 0 Å². The number of hydrogen-bond acceptors (Lipinski definition) is 3. The van der Waals surface area contributed by atoms with Gasteiger partial charge < -0.3 is 0 Å². The molecule has 1 rings (SSSR count). The minimum Gasteiger partial charge on any atom is -0.132 e. The van der Waals surface area contributed by atoms with Crippen LogP contribution < -0.4 is 0 Å². The van der Waals surface area contributed by atoms with Crippen molar-refractivity contribution in [2.75, 3.05) is 0 Å². The minimum atomic E-state index is 0.819. The molecule has 0 saturated carbocycles. The van der Waals surface area contributed by atoms with Crippen LogP contribution in [0.3, 0.4) is 0 Å². The third-order valence-electron chi connectivity index (χ3n) is 0.710. The van der Waals surface area contributed by atoms with Gasteiger partial charge in [0, 0.05) is 0 Å². The Balaban J connectivity index is 2.26. The highest BCUT2D eigenvalue weighted by Crippen LogP contribution is 2.49. The summed E-state index contributed by atoms with van der Waals surface area (Å²) in [6, 6.07) is 0. The fourth-order valence-electron chi connectivity index (χ4n) is 0.472. The molecule has 1 heterocycles. The summed E-state index contributed by atoms with van der Waals surface area (Å²) in [5.74, 6) is 0. The van der Waals surface area contributed by atoms with Crippen LogP contribution in [0, 0.1) is 0 Å². The van der Waals surface area contributed by atoms with E-state index in [4.69, 9.17) is 0 Å². The van der Waals surface area contributed by atoms with E-state index >= 15 is 0 Å². The summed E-state index contributed by atoms with van der Waals surface area (Å²) in [7, 11) is 3.97. The van der Waals surface area contributed by atoms with Crippen molar-refractivity contribution in [3.8, 4) is 0 Å². The molecule has 0 spiro atoms. The first-order chi connectivity index (χ1) is 3.29. The van der Waals surface area contributed by atoms with E-state index in [0.717, 1.165) is 9.16 Å². The molecule has 0 aromatic heterocycles. The van der Waals surface area contributed by atoms with Gasteiger partial charge in [0.05, 0.1) is 9.16 Å². The zero-order valence-corrected chi connectivity index (χ0v) is 6.83. The van der Waals surface area contributed by atoms with Crippen LogP contribution in [-0.2, 0) is 0 Å². The summed E-state index contributed by atoms with van der Waals surface area (Å²) in [6.07, 6.45) is 0. The highest BCUT2D eigenvalue weighted by atomic mass is 33.1. The lowest BCUT2D eigenvalue weighted by Crippen LogP contribution is -1.81. The van der Waals surface area contributed by atoms with Crippen LogP contribution in [0.5, 0.6) is 0 Å². The van der Waals surface area contributed by atoms with Gasteiger partial charge in [0.25, 0.3) is 0 Å². The normalized spacial score (nSPS) is 42.0. The summed E-state index contributed by atoms with van der Waals surface area (Å²) < 4.78 is 1.64. The van der Waals surface area contributed by atoms with E-state index in [0.29, 0.717) is 0 Å². The standard InChI is InChI=1S/C4H8S3/c1-3-5-4(2)7-6-3/h3-4H,1-2H3. The Kier molecular flexibility index (Phi) is 2.25. The maximum Gasteiger partial charge on any atom is 0.0589 e. The first-order valence-corrected chi connectivity index (χ1v) is 5.48. The molecule has 1 fully saturated rings. The highest BCUT2D eigenvalue weighted by Gasteiger charge is 2.18. The van der Waals surface area contributed by atoms with Crippen molar-refractivity contribution in [3.63, 3.8) is 0 Å². The maximum absolute atomic E-state index is 2.26. The second-order valence-corrected chi connectivity index (χ2v) is 6.70. The van der Waals surface area contributed by atoms with Crippen molar-refractivity contribution in [3.05, 3.63) is 0 Å². The Morgan fingerprint density at radius 1 is 1.00 bits per heavy atom. The van der Waals surface area contributed by atoms with Gasteiger partial charge in [-0.3, -0.25) is 0 Å². The molecule has 42 valence electrons. The predicted octanol–water partition coefficient (Wildman–Crippen LogP) is 2.81. The molecule has 0 bridgehead atoms. The van der Waals surface area contributed by atoms with Crippen LogP contribution in [-0.4, -0.2) is 9.16 Å². The van der Waals surface area contributed by atoms with E-state index in [1.54, 1.807) is 0 Å². The molecule has 0 N–H and O–H groups in total. The Morgan fingerprint density at radius 3 is 1.57 bits per heavy atom. The maximum atomic E-state index is 2.26. The van der Waals surface area contributed by atoms with Crippen molar-refractivity contribution in [1.29, 1.82) is 0 Å². The summed E-state index contributed by atoms with van der Waals surface area (Å²) in [5.41, 5.74) is 0. The fraction of sp³-hybridized carbons (Fsp3) is 1.00. The van der Waals surface area contributed by atoms with Gasteiger partial charge in [-0.2, -0.15) is 0 Å². The third-order valence-corrected chi connectivity index (χ3v) is 6.17. The molecular formula is C4H8S3. The van der Waals surface area contributed by atoms with Crippen LogP contribution in [0.25, 0.3) is 0 Å². The molecule has 7 heavy (non-hydrogen) atoms. The highest BCUT2D eigenvalue weighted by molar-refractivity contribution is 8.82. The molecule has 3 heteroatoms. The second-order valence-electron chi connectivity index (χ2n) is 1.46. The van der Waals surface area contributed by atoms with Gasteiger partial charge >= 0.3 is 0 Å². The van der Waals surface area contributed by atoms with Crippen molar-refractivity contribution in [1.82, 2.24) is 0 Å². The van der Waals surface area contributed by atoms with Gasteiger partial charge in [0.1, 0.15) is 0 Å². The van der Waals surface area contributed by atoms with E-state index in [1.807, 2.05) is 33.3 Å². The molecule has 0 aromatic carbocycles. The third kappa shape index (κ3) is 1.78. The number of thioether (sulfide) groups is 1. The molecule has 0 radical (unpaired) electrons. The van der Waals surface area contributed by atoms with E-state index in [-0.39, 0.29) is 0 Å². The largest absolute Gasteiger partial charge is 0.132 e. The lowest BCUT2D eigenvalue weighted by molar-refractivity contribution is 1.38. The summed E-state index contributed by atoms with van der Waals surface area (Å²) in [6.45, 7) is 4.51. The average molecular weight is 152 g/mol. The van der Waals surface area contributed by atoms with E-state index in [2.05, 4.69) is 13.8 Å². The van der Waals surface area contributed by atoms with Gasteiger partial charge in [-0.1, -0.05) is 21.6 Å². The number of rotatable bonds is 0. The lowest BCUT2D eigenvalue weighted by atomic mass is 10.9. The molecule has 0 nitrogen and oxygen atoms in total. The molecule has 2 atom stereocenters. The van der Waals surface area contributed by atoms with Crippen LogP contribution in [0.2, 0.25) is 0 Å². The first kappa shape index (κ1) is 6.17. The SMILES string of the molecule is CC1SSC(C)S1. The van der Waals surface area contributed by atoms with Crippen molar-refractivity contribution < 1.29 is 0 Å². The zero-order valence-electron chi connectivity index (χ0n) is 4.38. The van der Waals surface area contributed by atoms with Crippen molar-refractivity contribution in [2.24, 2.45) is 0 Å². The predicted molar refractivity (Wildman–Crippen MR) is 41.7 cm³/mol. The van der Waals surface area contributed by atoms with E-state index < -0.39 is 0 Å². The molecule has 0 aliphatic carbocycles. The van der Waals surface area contributed by atoms with Gasteiger partial charge in [-0.25, -0.2) is 0 Å². The Bertz CT molecular complexity index is 56.0. The van der Waals surface area contributed by atoms with Gasteiger partial charge in [0.2, 0.25) is 0 Å². The van der Waals surface area contributed by atoms with Crippen LogP contribution in [0.1, 0.15) is 13.8 Å². The monoisotopic (exact) mass is 152 g/mol. The summed E-state index contributed by atoms with van der Waals surface area (Å²) in [4.78, 5) is 0. The molecule has 1 aliphatic rings. The average Bonchev–Trinajstić information content (AvgIpc) is 1.87. The Labute approximate surface area is 56.6 Å². The van der Waals surface area contributed by atoms with Gasteiger partial charge in [-0.05, 0) is 13.8 Å². The Morgan fingerprint density at radius 2 is 1.43 bits per heavy atom. The summed E-state index contributed by atoms with van der Waals surface area (Å²) in [5, 5.41) is 0. The van der Waals surface area contributed by atoms with Crippen molar-refractivity contribution >= 4 is 33.3 Å². The molecule has 0 amide bonds. The molecular weight excluding hydrogens is 144 g/mol. The van der Waals surface area contributed by atoms with Crippen LogP contribution in [0.15, 0.2) is 0 Å². The lowest BCUT2D eigenvalue weighted by Gasteiger charge is -1.93. The van der Waals surface area contributed by atoms with Crippen molar-refractivity contribution in [2.45, 2.75) is 23.0 Å². The topological polar surface area (TPSA) is 0 Å². The molecule has 1 saturated heterocycles. The van der Waals surface area contributed by atoms with Crippen LogP contribution >= 0.6 is 33.3 Å². The van der Waals surface area contributed by atoms with Gasteiger partial charge in [-0.15, -0.1) is 11.8 Å². The molecule has 0 aromatic rings. The van der Waals surface area contributed by atoms with Crippen LogP contribution in [0.4, 0.5) is 0 Å². The first-order valence-electron chi connectivity index (χ1n) is 2.26. The number of hydrogen-bond donors (Lipinski definition) is 0. The summed E-state index contributed by atoms with van der Waals surface area (Å²) >= 11 is 2.05. The second kappa shape index (κ2) is 2.55. The molecule has 1 aliphatic heterocycles. The fourth-order valence-corrected chi connectivity index (χ4v) is 5.47. The van der Waals surface area contributed by atoms with Gasteiger partial charge in [0.15, 0.2) is 0 Å².